The number of rotatable bonds is 5. The molecule has 0 atom stereocenters. The molecule has 1 N–H and O–H groups in total. The van der Waals surface area contributed by atoms with Gasteiger partial charge in [0.05, 0.1) is 17.0 Å². The topological polar surface area (TPSA) is 87.4 Å². The number of nitrogens with zero attached hydrogens (tertiary/aromatic N) is 3. The molecule has 22 heavy (non-hydrogen) atoms. The Labute approximate surface area is 128 Å². The molecule has 0 aliphatic carbocycles. The molecule has 2 rings (SSSR count). The number of nitrogens with one attached hydrogen (secondary N) is 1. The number of carbonyl (C=O) groups excluding carboxylic acids is 1. The lowest BCUT2D eigenvalue weighted by molar-refractivity contribution is -0.123. The first-order valence-corrected chi connectivity index (χ1v) is 6.57. The first-order valence-electron chi connectivity index (χ1n) is 6.57. The summed E-state index contributed by atoms with van der Waals surface area (Å²) in [6, 6.07) is 14.2. The van der Waals surface area contributed by atoms with Gasteiger partial charge in [0.25, 0.3) is 5.91 Å². The maximum atomic E-state index is 11.7. The molecule has 0 bridgehead atoms. The van der Waals surface area contributed by atoms with E-state index < -0.39 is 5.91 Å². The first kappa shape index (κ1) is 15.2. The van der Waals surface area contributed by atoms with E-state index in [2.05, 4.69) is 15.5 Å². The zero-order chi connectivity index (χ0) is 15.8. The van der Waals surface area contributed by atoms with Gasteiger partial charge in [-0.3, -0.25) is 9.78 Å². The summed E-state index contributed by atoms with van der Waals surface area (Å²) >= 11 is 0. The molecule has 0 aliphatic heterocycles. The molecule has 110 valence electrons. The Kier molecular flexibility index (Phi) is 5.21. The summed E-state index contributed by atoms with van der Waals surface area (Å²) in [6.07, 6.45) is 1.65. The summed E-state index contributed by atoms with van der Waals surface area (Å²) in [4.78, 5) is 15.8. The SMILES string of the molecule is C/C(=N\NC(=O)COc1ccccc1C#N)c1ccccn1. The second kappa shape index (κ2) is 7.55. The minimum atomic E-state index is -0.414. The molecule has 1 heterocycles. The van der Waals surface area contributed by atoms with E-state index in [9.17, 15) is 4.79 Å². The lowest BCUT2D eigenvalue weighted by Crippen LogP contribution is -2.25. The average molecular weight is 294 g/mol. The van der Waals surface area contributed by atoms with Gasteiger partial charge >= 0.3 is 0 Å². The van der Waals surface area contributed by atoms with E-state index in [1.807, 2.05) is 12.1 Å². The molecule has 1 aromatic heterocycles. The Balaban J connectivity index is 1.90. The normalized spacial score (nSPS) is 10.6. The Morgan fingerprint density at radius 1 is 1.32 bits per heavy atom. The predicted molar refractivity (Wildman–Crippen MR) is 81.2 cm³/mol. The number of carbonyl (C=O) groups is 1. The molecule has 0 unspecified atom stereocenters. The number of benzene rings is 1. The molecule has 6 nitrogen and oxygen atoms in total. The zero-order valence-corrected chi connectivity index (χ0v) is 12.0. The quantitative estimate of drug-likeness (QED) is 0.673. The van der Waals surface area contributed by atoms with Gasteiger partial charge in [-0.2, -0.15) is 10.4 Å². The van der Waals surface area contributed by atoms with Crippen LogP contribution < -0.4 is 10.2 Å². The van der Waals surface area contributed by atoms with E-state index >= 15 is 0 Å². The van der Waals surface area contributed by atoms with Crippen molar-refractivity contribution in [1.82, 2.24) is 10.4 Å². The highest BCUT2D eigenvalue weighted by Crippen LogP contribution is 2.16. The van der Waals surface area contributed by atoms with Crippen LogP contribution in [0.1, 0.15) is 18.2 Å². The van der Waals surface area contributed by atoms with E-state index in [0.29, 0.717) is 22.7 Å². The third-order valence-electron chi connectivity index (χ3n) is 2.75. The first-order chi connectivity index (χ1) is 10.7. The van der Waals surface area contributed by atoms with Crippen LogP contribution in [0.5, 0.6) is 5.75 Å². The molecule has 0 aliphatic rings. The number of hydrazone groups is 1. The van der Waals surface area contributed by atoms with Gasteiger partial charge in [-0.15, -0.1) is 0 Å². The monoisotopic (exact) mass is 294 g/mol. The third kappa shape index (κ3) is 4.15. The number of pyridine rings is 1. The van der Waals surface area contributed by atoms with Crippen molar-refractivity contribution in [3.63, 3.8) is 0 Å². The molecule has 1 aromatic carbocycles. The van der Waals surface area contributed by atoms with E-state index in [0.717, 1.165) is 0 Å². The van der Waals surface area contributed by atoms with Gasteiger partial charge in [0.1, 0.15) is 11.8 Å². The van der Waals surface area contributed by atoms with Crippen LogP contribution >= 0.6 is 0 Å². The number of aromatic nitrogens is 1. The van der Waals surface area contributed by atoms with Crippen LogP contribution in [0.25, 0.3) is 0 Å². The summed E-state index contributed by atoms with van der Waals surface area (Å²) in [7, 11) is 0. The Morgan fingerprint density at radius 3 is 2.82 bits per heavy atom. The number of ether oxygens (including phenoxy) is 1. The van der Waals surface area contributed by atoms with Gasteiger partial charge in [0, 0.05) is 6.20 Å². The summed E-state index contributed by atoms with van der Waals surface area (Å²) in [5.41, 5.74) is 4.04. The lowest BCUT2D eigenvalue weighted by atomic mass is 10.2. The van der Waals surface area contributed by atoms with Crippen LogP contribution in [-0.4, -0.2) is 23.2 Å². The van der Waals surface area contributed by atoms with E-state index in [1.54, 1.807) is 49.5 Å². The second-order valence-electron chi connectivity index (χ2n) is 4.34. The zero-order valence-electron chi connectivity index (χ0n) is 12.0. The van der Waals surface area contributed by atoms with Crippen LogP contribution in [0.4, 0.5) is 0 Å². The summed E-state index contributed by atoms with van der Waals surface area (Å²) in [5.74, 6) is -0.0476. The van der Waals surface area contributed by atoms with Crippen LogP contribution in [0.3, 0.4) is 0 Å². The van der Waals surface area contributed by atoms with Crippen LogP contribution in [0.2, 0.25) is 0 Å². The number of amides is 1. The lowest BCUT2D eigenvalue weighted by Gasteiger charge is -2.06. The van der Waals surface area contributed by atoms with E-state index in [1.165, 1.54) is 0 Å². The fourth-order valence-corrected chi connectivity index (χ4v) is 1.64. The van der Waals surface area contributed by atoms with Gasteiger partial charge in [-0.25, -0.2) is 5.43 Å². The number of para-hydroxylation sites is 1. The predicted octanol–water partition coefficient (Wildman–Crippen LogP) is 1.87. The minimum absolute atomic E-state index is 0.225. The number of nitriles is 1. The summed E-state index contributed by atoms with van der Waals surface area (Å²) in [5, 5.41) is 12.9. The van der Waals surface area contributed by atoms with Gasteiger partial charge in [0.15, 0.2) is 6.61 Å². The maximum absolute atomic E-state index is 11.7. The highest BCUT2D eigenvalue weighted by Gasteiger charge is 2.06. The molecule has 0 saturated heterocycles. The van der Waals surface area contributed by atoms with Crippen molar-refractivity contribution in [2.45, 2.75) is 6.92 Å². The standard InChI is InChI=1S/C16H14N4O2/c1-12(14-7-4-5-9-18-14)19-20-16(21)11-22-15-8-3-2-6-13(15)10-17/h2-9H,11H2,1H3,(H,20,21)/b19-12+. The number of hydrogen-bond acceptors (Lipinski definition) is 5. The molecule has 0 spiro atoms. The van der Waals surface area contributed by atoms with Crippen molar-refractivity contribution in [2.75, 3.05) is 6.61 Å². The molecule has 1 amide bonds. The van der Waals surface area contributed by atoms with Crippen molar-refractivity contribution in [1.29, 1.82) is 5.26 Å². The molecular formula is C16H14N4O2. The van der Waals surface area contributed by atoms with Crippen molar-refractivity contribution in [3.05, 3.63) is 59.9 Å². The molecule has 2 aromatic rings. The summed E-state index contributed by atoms with van der Waals surface area (Å²) < 4.78 is 5.31. The van der Waals surface area contributed by atoms with Crippen molar-refractivity contribution < 1.29 is 9.53 Å². The van der Waals surface area contributed by atoms with Gasteiger partial charge in [-0.1, -0.05) is 18.2 Å². The Morgan fingerprint density at radius 2 is 2.09 bits per heavy atom. The van der Waals surface area contributed by atoms with Crippen LogP contribution in [-0.2, 0) is 4.79 Å². The average Bonchev–Trinajstić information content (AvgIpc) is 2.58. The largest absolute Gasteiger partial charge is 0.482 e. The van der Waals surface area contributed by atoms with Crippen molar-refractivity contribution in [2.24, 2.45) is 5.10 Å². The van der Waals surface area contributed by atoms with Crippen molar-refractivity contribution in [3.8, 4) is 11.8 Å². The van der Waals surface area contributed by atoms with E-state index in [4.69, 9.17) is 10.00 Å². The highest BCUT2D eigenvalue weighted by atomic mass is 16.5. The maximum Gasteiger partial charge on any atom is 0.277 e. The second-order valence-corrected chi connectivity index (χ2v) is 4.34. The summed E-state index contributed by atoms with van der Waals surface area (Å²) in [6.45, 7) is 1.52. The smallest absolute Gasteiger partial charge is 0.277 e. The fraction of sp³-hybridized carbons (Fsp3) is 0.125. The molecule has 6 heteroatoms. The molecule has 0 radical (unpaired) electrons. The van der Waals surface area contributed by atoms with Crippen LogP contribution in [0.15, 0.2) is 53.8 Å². The van der Waals surface area contributed by atoms with E-state index in [-0.39, 0.29) is 6.61 Å². The van der Waals surface area contributed by atoms with Gasteiger partial charge < -0.3 is 4.74 Å². The minimum Gasteiger partial charge on any atom is -0.482 e. The van der Waals surface area contributed by atoms with Crippen LogP contribution in [0, 0.1) is 11.3 Å². The molecular weight excluding hydrogens is 280 g/mol. The third-order valence-corrected chi connectivity index (χ3v) is 2.75. The van der Waals surface area contributed by atoms with Gasteiger partial charge in [0.2, 0.25) is 0 Å². The van der Waals surface area contributed by atoms with Gasteiger partial charge in [-0.05, 0) is 31.2 Å². The number of hydrogen-bond donors (Lipinski definition) is 1. The molecule has 0 fully saturated rings. The Bertz CT molecular complexity index is 720. The Hall–Kier alpha value is -3.20. The highest BCUT2D eigenvalue weighted by molar-refractivity contribution is 5.97. The van der Waals surface area contributed by atoms with Crippen molar-refractivity contribution >= 4 is 11.6 Å². The fourth-order valence-electron chi connectivity index (χ4n) is 1.64. The molecule has 0 saturated carbocycles.